The van der Waals surface area contributed by atoms with Crippen molar-refractivity contribution in [3.63, 3.8) is 0 Å². The zero-order valence-electron chi connectivity index (χ0n) is 19.4. The minimum atomic E-state index is -1.32. The van der Waals surface area contributed by atoms with E-state index in [0.29, 0.717) is 17.0 Å². The van der Waals surface area contributed by atoms with Crippen molar-refractivity contribution in [2.45, 2.75) is 55.8 Å². The van der Waals surface area contributed by atoms with Gasteiger partial charge in [0.25, 0.3) is 0 Å². The number of ether oxygens (including phenoxy) is 1. The standard InChI is InChI=1S/C22H26FN5O6S/c1-22(2,3)34-20(30)25-15-10-35-16-5-4-11(7-14(16)24-17(15)29)18-26-27-19(33-18)12-6-13(23)9-28(8-12)21(31)32/h4-5,7,12-13,15H,6,8-10H2,1-3H3,(H,24,29)(H,25,30)(H,31,32)/t12?,13?,15-/m0/s1. The first-order chi connectivity index (χ1) is 16.5. The third kappa shape index (κ3) is 6.02. The molecule has 3 heterocycles. The summed E-state index contributed by atoms with van der Waals surface area (Å²) in [5.74, 6) is -0.308. The van der Waals surface area contributed by atoms with Gasteiger partial charge in [-0.3, -0.25) is 4.79 Å². The van der Waals surface area contributed by atoms with Crippen LogP contribution in [0.1, 0.15) is 39.0 Å². The Kier molecular flexibility index (Phi) is 6.88. The normalized spacial score (nSPS) is 22.6. The van der Waals surface area contributed by atoms with Crippen molar-refractivity contribution in [1.29, 1.82) is 0 Å². The van der Waals surface area contributed by atoms with Gasteiger partial charge in [0.1, 0.15) is 17.8 Å². The number of likely N-dealkylation sites (tertiary alicyclic amines) is 1. The Morgan fingerprint density at radius 1 is 1.31 bits per heavy atom. The summed E-state index contributed by atoms with van der Waals surface area (Å²) in [5.41, 5.74) is 0.363. The van der Waals surface area contributed by atoms with Gasteiger partial charge in [0.15, 0.2) is 0 Å². The predicted molar refractivity (Wildman–Crippen MR) is 124 cm³/mol. The fraction of sp³-hybridized carbons (Fsp3) is 0.500. The zero-order valence-corrected chi connectivity index (χ0v) is 20.2. The molecule has 13 heteroatoms. The third-order valence-corrected chi connectivity index (χ3v) is 6.52. The van der Waals surface area contributed by atoms with Crippen LogP contribution in [0.3, 0.4) is 0 Å². The first-order valence-electron chi connectivity index (χ1n) is 11.0. The van der Waals surface area contributed by atoms with Crippen LogP contribution in [0.25, 0.3) is 11.5 Å². The van der Waals surface area contributed by atoms with Gasteiger partial charge in [0.05, 0.1) is 18.2 Å². The number of fused-ring (bicyclic) bond motifs is 1. The minimum Gasteiger partial charge on any atom is -0.465 e. The van der Waals surface area contributed by atoms with Crippen LogP contribution in [0.2, 0.25) is 0 Å². The Balaban J connectivity index is 1.47. The summed E-state index contributed by atoms with van der Waals surface area (Å²) in [7, 11) is 0. The molecule has 0 spiro atoms. The second kappa shape index (κ2) is 9.72. The Bertz CT molecular complexity index is 1140. The van der Waals surface area contributed by atoms with E-state index in [0.717, 1.165) is 9.80 Å². The summed E-state index contributed by atoms with van der Waals surface area (Å²) in [4.78, 5) is 37.9. The van der Waals surface area contributed by atoms with E-state index in [1.54, 1.807) is 39.0 Å². The van der Waals surface area contributed by atoms with Gasteiger partial charge in [0.2, 0.25) is 17.7 Å². The number of benzene rings is 1. The molecule has 2 aliphatic heterocycles. The molecule has 3 N–H and O–H groups in total. The van der Waals surface area contributed by atoms with Gasteiger partial charge < -0.3 is 29.8 Å². The number of carbonyl (C=O) groups is 3. The minimum absolute atomic E-state index is 0.0698. The highest BCUT2D eigenvalue weighted by molar-refractivity contribution is 7.99. The molecule has 35 heavy (non-hydrogen) atoms. The van der Waals surface area contributed by atoms with Crippen LogP contribution < -0.4 is 10.6 Å². The van der Waals surface area contributed by atoms with Crippen molar-refractivity contribution in [3.05, 3.63) is 24.1 Å². The molecule has 2 aliphatic rings. The number of amides is 3. The Morgan fingerprint density at radius 3 is 2.80 bits per heavy atom. The molecule has 0 saturated carbocycles. The maximum atomic E-state index is 14.0. The van der Waals surface area contributed by atoms with Crippen molar-refractivity contribution in [1.82, 2.24) is 20.4 Å². The number of nitrogens with zero attached hydrogens (tertiary/aromatic N) is 3. The summed E-state index contributed by atoms with van der Waals surface area (Å²) in [5, 5.41) is 22.6. The first kappa shape index (κ1) is 24.8. The Morgan fingerprint density at radius 2 is 2.09 bits per heavy atom. The molecule has 1 aromatic carbocycles. The lowest BCUT2D eigenvalue weighted by Gasteiger charge is -2.30. The maximum absolute atomic E-state index is 14.0. The van der Waals surface area contributed by atoms with Crippen molar-refractivity contribution in [2.24, 2.45) is 0 Å². The molecular weight excluding hydrogens is 481 g/mol. The molecule has 188 valence electrons. The summed E-state index contributed by atoms with van der Waals surface area (Å²) < 4.78 is 25.0. The smallest absolute Gasteiger partial charge is 0.408 e. The molecule has 0 radical (unpaired) electrons. The van der Waals surface area contributed by atoms with E-state index in [4.69, 9.17) is 9.15 Å². The highest BCUT2D eigenvalue weighted by atomic mass is 32.2. The molecule has 1 aromatic heterocycles. The number of thioether (sulfide) groups is 1. The first-order valence-corrected chi connectivity index (χ1v) is 12.0. The molecular formula is C22H26FN5O6S. The predicted octanol–water partition coefficient (Wildman–Crippen LogP) is 3.48. The number of aromatic nitrogens is 2. The summed E-state index contributed by atoms with van der Waals surface area (Å²) in [6.45, 7) is 5.10. The molecule has 3 amide bonds. The van der Waals surface area contributed by atoms with E-state index < -0.39 is 41.8 Å². The number of halogens is 1. The van der Waals surface area contributed by atoms with Crippen LogP contribution in [0, 0.1) is 0 Å². The zero-order chi connectivity index (χ0) is 25.3. The van der Waals surface area contributed by atoms with Crippen molar-refractivity contribution >= 4 is 35.5 Å². The second-order valence-corrected chi connectivity index (χ2v) is 10.4. The second-order valence-electron chi connectivity index (χ2n) is 9.37. The van der Waals surface area contributed by atoms with Gasteiger partial charge in [-0.2, -0.15) is 0 Å². The third-order valence-electron chi connectivity index (χ3n) is 5.36. The SMILES string of the molecule is CC(C)(C)OC(=O)N[C@H]1CSc2ccc(-c3nnc(C4CC(F)CN(C(=O)O)C4)o3)cc2NC1=O. The van der Waals surface area contributed by atoms with Crippen LogP contribution in [-0.2, 0) is 9.53 Å². The lowest BCUT2D eigenvalue weighted by atomic mass is 9.97. The topological polar surface area (TPSA) is 147 Å². The Hall–Kier alpha value is -3.35. The quantitative estimate of drug-likeness (QED) is 0.568. The van der Waals surface area contributed by atoms with E-state index in [1.807, 2.05) is 0 Å². The lowest BCUT2D eigenvalue weighted by Crippen LogP contribution is -2.46. The van der Waals surface area contributed by atoms with Crippen LogP contribution in [-0.4, -0.2) is 75.0 Å². The fourth-order valence-corrected chi connectivity index (χ4v) is 4.81. The number of carboxylic acid groups (broad SMARTS) is 1. The number of carbonyl (C=O) groups excluding carboxylic acids is 2. The van der Waals surface area contributed by atoms with Gasteiger partial charge in [-0.05, 0) is 45.4 Å². The number of alkyl carbamates (subject to hydrolysis) is 1. The number of nitrogens with one attached hydrogen (secondary N) is 2. The van der Waals surface area contributed by atoms with E-state index in [1.165, 1.54) is 11.8 Å². The van der Waals surface area contributed by atoms with Crippen molar-refractivity contribution < 1.29 is 33.0 Å². The van der Waals surface area contributed by atoms with Gasteiger partial charge in [-0.1, -0.05) is 0 Å². The van der Waals surface area contributed by atoms with E-state index in [-0.39, 0.29) is 31.3 Å². The monoisotopic (exact) mass is 507 g/mol. The maximum Gasteiger partial charge on any atom is 0.408 e. The van der Waals surface area contributed by atoms with Gasteiger partial charge in [0, 0.05) is 22.8 Å². The van der Waals surface area contributed by atoms with E-state index >= 15 is 0 Å². The lowest BCUT2D eigenvalue weighted by molar-refractivity contribution is -0.117. The fourth-order valence-electron chi connectivity index (χ4n) is 3.80. The van der Waals surface area contributed by atoms with Crippen molar-refractivity contribution in [2.75, 3.05) is 24.2 Å². The van der Waals surface area contributed by atoms with Gasteiger partial charge in [-0.25, -0.2) is 14.0 Å². The number of hydrogen-bond acceptors (Lipinski definition) is 8. The largest absolute Gasteiger partial charge is 0.465 e. The number of piperidine rings is 1. The van der Waals surface area contributed by atoms with Crippen LogP contribution >= 0.6 is 11.8 Å². The van der Waals surface area contributed by atoms with Crippen molar-refractivity contribution in [3.8, 4) is 11.5 Å². The molecule has 0 bridgehead atoms. The average molecular weight is 508 g/mol. The molecule has 4 rings (SSSR count). The molecule has 1 saturated heterocycles. The molecule has 2 aromatic rings. The molecule has 2 unspecified atom stereocenters. The number of alkyl halides is 1. The van der Waals surface area contributed by atoms with Gasteiger partial charge in [-0.15, -0.1) is 22.0 Å². The van der Waals surface area contributed by atoms with E-state index in [2.05, 4.69) is 20.8 Å². The van der Waals surface area contributed by atoms with Crippen LogP contribution in [0.4, 0.5) is 19.7 Å². The van der Waals surface area contributed by atoms with Crippen LogP contribution in [0.5, 0.6) is 0 Å². The summed E-state index contributed by atoms with van der Waals surface area (Å²) >= 11 is 1.39. The summed E-state index contributed by atoms with van der Waals surface area (Å²) in [6.07, 6.45) is -3.10. The average Bonchev–Trinajstić information content (AvgIpc) is 3.20. The van der Waals surface area contributed by atoms with Gasteiger partial charge >= 0.3 is 12.2 Å². The molecule has 0 aliphatic carbocycles. The number of rotatable bonds is 3. The molecule has 1 fully saturated rings. The number of hydrogen-bond donors (Lipinski definition) is 3. The summed E-state index contributed by atoms with van der Waals surface area (Å²) in [6, 6.07) is 4.42. The van der Waals surface area contributed by atoms with Crippen LogP contribution in [0.15, 0.2) is 27.5 Å². The highest BCUT2D eigenvalue weighted by Crippen LogP contribution is 2.35. The molecule has 11 nitrogen and oxygen atoms in total. The molecule has 3 atom stereocenters. The number of anilines is 1. The Labute approximate surface area is 204 Å². The highest BCUT2D eigenvalue weighted by Gasteiger charge is 2.34. The van der Waals surface area contributed by atoms with E-state index in [9.17, 15) is 23.9 Å².